The number of halogens is 1. The standard InChI is InChI=1S/C34H54ClNO3/c1-4-5-20-36(3)31(38)15-13-11-9-7-6-8-10-12-14-24-21-25-22-26(37)16-17-27(25)28-18-19-34(2)29(32(24)28)23-30(35)33(34)39/h16-17,22,24,28-30,32-33,37,39H,4-15,18-21,23H2,1-3H3/t24?,28?,29?,30-,32?,33-,34+/m1/s1. The van der Waals surface area contributed by atoms with Crippen LogP contribution < -0.4 is 0 Å². The second-order valence-electron chi connectivity index (χ2n) is 13.4. The van der Waals surface area contributed by atoms with E-state index in [9.17, 15) is 15.0 Å². The molecule has 2 fully saturated rings. The number of alkyl halides is 1. The molecular formula is C34H54ClNO3. The Morgan fingerprint density at radius 2 is 1.77 bits per heavy atom. The molecule has 1 aromatic carbocycles. The molecule has 3 aliphatic carbocycles. The number of rotatable bonds is 14. The number of carbonyl (C=O) groups excluding carboxylic acids is 1. The predicted molar refractivity (Wildman–Crippen MR) is 161 cm³/mol. The van der Waals surface area contributed by atoms with Crippen molar-refractivity contribution in [3.05, 3.63) is 29.3 Å². The molecule has 0 bridgehead atoms. The van der Waals surface area contributed by atoms with Crippen molar-refractivity contribution in [3.8, 4) is 5.75 Å². The van der Waals surface area contributed by atoms with Crippen LogP contribution in [0.4, 0.5) is 0 Å². The first-order chi connectivity index (χ1) is 18.8. The molecule has 0 aromatic heterocycles. The molecule has 0 heterocycles. The molecule has 1 aromatic rings. The molecule has 0 spiro atoms. The summed E-state index contributed by atoms with van der Waals surface area (Å²) in [7, 11) is 1.94. The van der Waals surface area contributed by atoms with Gasteiger partial charge in [-0.05, 0) is 97.3 Å². The van der Waals surface area contributed by atoms with Gasteiger partial charge in [0.05, 0.1) is 11.5 Å². The third-order valence-corrected chi connectivity index (χ3v) is 11.2. The molecule has 4 unspecified atom stereocenters. The van der Waals surface area contributed by atoms with Crippen LogP contribution in [0.2, 0.25) is 0 Å². The lowest BCUT2D eigenvalue weighted by Crippen LogP contribution is -2.47. The largest absolute Gasteiger partial charge is 0.508 e. The Morgan fingerprint density at radius 3 is 2.49 bits per heavy atom. The molecule has 2 saturated carbocycles. The summed E-state index contributed by atoms with van der Waals surface area (Å²) in [5.74, 6) is 2.90. The van der Waals surface area contributed by atoms with E-state index in [2.05, 4.69) is 19.9 Å². The second-order valence-corrected chi connectivity index (χ2v) is 14.0. The lowest BCUT2D eigenvalue weighted by molar-refractivity contribution is -0.130. The van der Waals surface area contributed by atoms with Gasteiger partial charge in [0.25, 0.3) is 0 Å². The molecule has 3 aliphatic rings. The summed E-state index contributed by atoms with van der Waals surface area (Å²) in [6, 6.07) is 6.05. The van der Waals surface area contributed by atoms with Gasteiger partial charge in [0.2, 0.25) is 5.91 Å². The monoisotopic (exact) mass is 559 g/mol. The Morgan fingerprint density at radius 1 is 1.08 bits per heavy atom. The summed E-state index contributed by atoms with van der Waals surface area (Å²) in [5, 5.41) is 21.1. The van der Waals surface area contributed by atoms with Gasteiger partial charge in [0, 0.05) is 20.0 Å². The third kappa shape index (κ3) is 7.15. The molecule has 4 nitrogen and oxygen atoms in total. The summed E-state index contributed by atoms with van der Waals surface area (Å²) in [4.78, 5) is 14.1. The van der Waals surface area contributed by atoms with Crippen molar-refractivity contribution in [1.29, 1.82) is 0 Å². The molecule has 4 rings (SSSR count). The number of hydrogen-bond acceptors (Lipinski definition) is 3. The minimum Gasteiger partial charge on any atom is -0.508 e. The number of aliphatic hydroxyl groups is 1. The van der Waals surface area contributed by atoms with Crippen LogP contribution in [0.3, 0.4) is 0 Å². The van der Waals surface area contributed by atoms with Crippen LogP contribution in [0.1, 0.15) is 127 Å². The van der Waals surface area contributed by atoms with Gasteiger partial charge in [-0.1, -0.05) is 71.3 Å². The van der Waals surface area contributed by atoms with E-state index in [1.165, 1.54) is 62.5 Å². The van der Waals surface area contributed by atoms with Gasteiger partial charge in [-0.25, -0.2) is 0 Å². The normalized spacial score (nSPS) is 31.4. The van der Waals surface area contributed by atoms with Gasteiger partial charge < -0.3 is 15.1 Å². The van der Waals surface area contributed by atoms with E-state index in [-0.39, 0.29) is 10.8 Å². The number of amides is 1. The van der Waals surface area contributed by atoms with E-state index >= 15 is 0 Å². The van der Waals surface area contributed by atoms with Crippen LogP contribution in [0.15, 0.2) is 18.2 Å². The maximum atomic E-state index is 12.2. The quantitative estimate of drug-likeness (QED) is 0.178. The fourth-order valence-electron chi connectivity index (χ4n) is 8.46. The summed E-state index contributed by atoms with van der Waals surface area (Å²) < 4.78 is 0. The lowest BCUT2D eigenvalue weighted by Gasteiger charge is -2.53. The van der Waals surface area contributed by atoms with Crippen LogP contribution in [0.5, 0.6) is 5.75 Å². The zero-order valence-electron chi connectivity index (χ0n) is 24.8. The van der Waals surface area contributed by atoms with Gasteiger partial charge in [0.1, 0.15) is 5.75 Å². The van der Waals surface area contributed by atoms with Gasteiger partial charge in [0.15, 0.2) is 0 Å². The second kappa shape index (κ2) is 14.1. The highest BCUT2D eigenvalue weighted by molar-refractivity contribution is 6.21. The Balaban J connectivity index is 1.21. The van der Waals surface area contributed by atoms with E-state index in [1.54, 1.807) is 0 Å². The van der Waals surface area contributed by atoms with Gasteiger partial charge in [-0.2, -0.15) is 0 Å². The fourth-order valence-corrected chi connectivity index (χ4v) is 8.94. The molecule has 5 heteroatoms. The van der Waals surface area contributed by atoms with Crippen molar-refractivity contribution in [2.45, 2.75) is 134 Å². The van der Waals surface area contributed by atoms with Crippen molar-refractivity contribution in [2.24, 2.45) is 23.2 Å². The Kier molecular flexibility index (Phi) is 11.1. The number of nitrogens with zero attached hydrogens (tertiary/aromatic N) is 1. The van der Waals surface area contributed by atoms with Crippen molar-refractivity contribution in [1.82, 2.24) is 4.90 Å². The van der Waals surface area contributed by atoms with Gasteiger partial charge >= 0.3 is 0 Å². The van der Waals surface area contributed by atoms with Crippen molar-refractivity contribution in [2.75, 3.05) is 13.6 Å². The SMILES string of the molecule is CCCCN(C)C(=O)CCCCCCCCCCC1Cc2cc(O)ccc2C2CC[C@@]3(C)C(C[C@@H](Cl)[C@H]3O)C12. The number of phenols is 1. The van der Waals surface area contributed by atoms with Crippen LogP contribution >= 0.6 is 11.6 Å². The molecule has 39 heavy (non-hydrogen) atoms. The first-order valence-electron chi connectivity index (χ1n) is 16.1. The van der Waals surface area contributed by atoms with Crippen molar-refractivity contribution < 1.29 is 15.0 Å². The summed E-state index contributed by atoms with van der Waals surface area (Å²) in [5.41, 5.74) is 2.73. The predicted octanol–water partition coefficient (Wildman–Crippen LogP) is 8.21. The van der Waals surface area contributed by atoms with Crippen LogP contribution in [0.25, 0.3) is 0 Å². The topological polar surface area (TPSA) is 60.8 Å². The fraction of sp³-hybridized carbons (Fsp3) is 0.794. The summed E-state index contributed by atoms with van der Waals surface area (Å²) in [6.45, 7) is 5.35. The number of hydrogen-bond donors (Lipinski definition) is 2. The molecule has 220 valence electrons. The van der Waals surface area contributed by atoms with Crippen LogP contribution in [0, 0.1) is 23.2 Å². The molecular weight excluding hydrogens is 506 g/mol. The van der Waals surface area contributed by atoms with E-state index in [0.717, 1.165) is 51.5 Å². The molecule has 0 saturated heterocycles. The Bertz CT molecular complexity index is 937. The van der Waals surface area contributed by atoms with Crippen LogP contribution in [-0.4, -0.2) is 46.1 Å². The van der Waals surface area contributed by atoms with E-state index in [1.807, 2.05) is 24.1 Å². The summed E-state index contributed by atoms with van der Waals surface area (Å²) in [6.07, 6.45) is 17.7. The van der Waals surface area contributed by atoms with E-state index < -0.39 is 6.10 Å². The van der Waals surface area contributed by atoms with Crippen LogP contribution in [-0.2, 0) is 11.2 Å². The average molecular weight is 560 g/mol. The number of fused-ring (bicyclic) bond motifs is 5. The lowest BCUT2D eigenvalue weighted by atomic mass is 9.52. The molecule has 1 amide bonds. The molecule has 2 N–H and O–H groups in total. The van der Waals surface area contributed by atoms with Gasteiger partial charge in [-0.3, -0.25) is 4.79 Å². The number of carbonyl (C=O) groups is 1. The minimum absolute atomic E-state index is 0.0597. The van der Waals surface area contributed by atoms with Crippen molar-refractivity contribution in [3.63, 3.8) is 0 Å². The third-order valence-electron chi connectivity index (χ3n) is 10.8. The Labute approximate surface area is 242 Å². The Hall–Kier alpha value is -1.26. The van der Waals surface area contributed by atoms with Gasteiger partial charge in [-0.15, -0.1) is 11.6 Å². The maximum absolute atomic E-state index is 12.2. The molecule has 0 aliphatic heterocycles. The average Bonchev–Trinajstić information content (AvgIpc) is 3.15. The number of aromatic hydroxyl groups is 1. The zero-order chi connectivity index (χ0) is 28.0. The first kappa shape index (κ1) is 30.7. The highest BCUT2D eigenvalue weighted by atomic mass is 35.5. The van der Waals surface area contributed by atoms with E-state index in [4.69, 9.17) is 11.6 Å². The number of benzene rings is 1. The number of unbranched alkanes of at least 4 members (excludes halogenated alkanes) is 8. The van der Waals surface area contributed by atoms with Crippen molar-refractivity contribution >= 4 is 17.5 Å². The minimum atomic E-state index is -0.396. The van der Waals surface area contributed by atoms with E-state index in [0.29, 0.717) is 41.7 Å². The first-order valence-corrected chi connectivity index (χ1v) is 16.6. The molecule has 0 radical (unpaired) electrons. The summed E-state index contributed by atoms with van der Waals surface area (Å²) >= 11 is 6.68. The molecule has 7 atom stereocenters. The number of phenolic OH excluding ortho intramolecular Hbond substituents is 1. The zero-order valence-corrected chi connectivity index (χ0v) is 25.6. The smallest absolute Gasteiger partial charge is 0.222 e. The highest BCUT2D eigenvalue weighted by Crippen LogP contribution is 2.63. The highest BCUT2D eigenvalue weighted by Gasteiger charge is 2.59. The number of aliphatic hydroxyl groups excluding tert-OH is 1. The maximum Gasteiger partial charge on any atom is 0.222 e.